The van der Waals surface area contributed by atoms with Gasteiger partial charge in [-0.2, -0.15) is 0 Å². The minimum absolute atomic E-state index is 0.111. The van der Waals surface area contributed by atoms with E-state index >= 15 is 0 Å². The fraction of sp³-hybridized carbons (Fsp3) is 0.550. The van der Waals surface area contributed by atoms with Crippen molar-refractivity contribution in [1.82, 2.24) is 9.80 Å². The van der Waals surface area contributed by atoms with E-state index < -0.39 is 0 Å². The third-order valence-electron chi connectivity index (χ3n) is 4.63. The molecule has 0 aromatic heterocycles. The number of amides is 1. The molecular weight excluding hydrogens is 300 g/mol. The highest BCUT2D eigenvalue weighted by atomic mass is 16.5. The van der Waals surface area contributed by atoms with Crippen LogP contribution in [0.1, 0.15) is 17.5 Å². The van der Waals surface area contributed by atoms with Crippen molar-refractivity contribution in [3.8, 4) is 0 Å². The Balaban J connectivity index is 1.98. The molecule has 24 heavy (non-hydrogen) atoms. The maximum atomic E-state index is 12.4. The summed E-state index contributed by atoms with van der Waals surface area (Å²) in [6.07, 6.45) is 5.71. The van der Waals surface area contributed by atoms with E-state index in [-0.39, 0.29) is 12.0 Å². The zero-order valence-corrected chi connectivity index (χ0v) is 15.4. The van der Waals surface area contributed by atoms with E-state index in [0.29, 0.717) is 5.92 Å². The molecule has 1 aliphatic heterocycles. The highest BCUT2D eigenvalue weighted by molar-refractivity contribution is 5.87. The Hall–Kier alpha value is -1.65. The van der Waals surface area contributed by atoms with Crippen molar-refractivity contribution in [3.63, 3.8) is 0 Å². The predicted molar refractivity (Wildman–Crippen MR) is 98.1 cm³/mol. The summed E-state index contributed by atoms with van der Waals surface area (Å²) in [5.74, 6) is 0.456. The molecule has 4 heteroatoms. The van der Waals surface area contributed by atoms with Gasteiger partial charge in [0, 0.05) is 38.7 Å². The molecule has 0 unspecified atom stereocenters. The number of likely N-dealkylation sites (tertiary alicyclic amines) is 1. The first kappa shape index (κ1) is 18.7. The first-order chi connectivity index (χ1) is 11.5. The van der Waals surface area contributed by atoms with Gasteiger partial charge in [0.25, 0.3) is 0 Å². The number of carbonyl (C=O) groups is 1. The molecule has 1 saturated heterocycles. The highest BCUT2D eigenvalue weighted by Gasteiger charge is 2.30. The van der Waals surface area contributed by atoms with Crippen molar-refractivity contribution in [2.24, 2.45) is 5.92 Å². The molecule has 0 spiro atoms. The van der Waals surface area contributed by atoms with E-state index in [2.05, 4.69) is 31.2 Å². The zero-order valence-electron chi connectivity index (χ0n) is 15.4. The van der Waals surface area contributed by atoms with Crippen LogP contribution in [0.2, 0.25) is 0 Å². The van der Waals surface area contributed by atoms with E-state index in [1.165, 1.54) is 11.1 Å². The largest absolute Gasteiger partial charge is 0.381 e. The highest BCUT2D eigenvalue weighted by Crippen LogP contribution is 2.24. The predicted octanol–water partition coefficient (Wildman–Crippen LogP) is 2.52. The number of aryl methyl sites for hydroxylation is 1. The van der Waals surface area contributed by atoms with E-state index in [9.17, 15) is 4.79 Å². The topological polar surface area (TPSA) is 32.8 Å². The number of hydrogen-bond acceptors (Lipinski definition) is 3. The third-order valence-corrected chi connectivity index (χ3v) is 4.63. The van der Waals surface area contributed by atoms with Crippen molar-refractivity contribution < 1.29 is 9.53 Å². The Morgan fingerprint density at radius 1 is 1.33 bits per heavy atom. The van der Waals surface area contributed by atoms with E-state index in [1.54, 1.807) is 13.2 Å². The molecule has 1 aromatic rings. The molecule has 0 radical (unpaired) electrons. The van der Waals surface area contributed by atoms with E-state index in [0.717, 1.165) is 32.5 Å². The fourth-order valence-electron chi connectivity index (χ4n) is 3.21. The Morgan fingerprint density at radius 2 is 2.04 bits per heavy atom. The minimum atomic E-state index is 0.111. The minimum Gasteiger partial charge on any atom is -0.381 e. The third kappa shape index (κ3) is 5.46. The van der Waals surface area contributed by atoms with E-state index in [4.69, 9.17) is 4.74 Å². The number of rotatable bonds is 6. The maximum absolute atomic E-state index is 12.4. The van der Waals surface area contributed by atoms with Gasteiger partial charge in [-0.1, -0.05) is 35.9 Å². The summed E-state index contributed by atoms with van der Waals surface area (Å²) in [5, 5.41) is 0. The molecule has 0 N–H and O–H groups in total. The van der Waals surface area contributed by atoms with Gasteiger partial charge in [-0.05, 0) is 39.4 Å². The lowest BCUT2D eigenvalue weighted by atomic mass is 9.88. The molecular formula is C20H30N2O2. The standard InChI is InChI=1S/C20H30N2O2/c1-16-7-9-17(10-8-16)14-18-15-22(13-11-19(18)24-4)20(23)6-5-12-21(2)3/h5-10,18-19H,11-15H2,1-4H3/b6-5+/t18-,19+/m1/s1. The Bertz CT molecular complexity index is 551. The molecule has 2 atom stereocenters. The number of nitrogens with zero attached hydrogens (tertiary/aromatic N) is 2. The molecule has 1 aromatic carbocycles. The van der Waals surface area contributed by atoms with Crippen LogP contribution in [0.15, 0.2) is 36.4 Å². The molecule has 0 saturated carbocycles. The fourth-order valence-corrected chi connectivity index (χ4v) is 3.21. The van der Waals surface area contributed by atoms with Gasteiger partial charge in [-0.25, -0.2) is 0 Å². The SMILES string of the molecule is CO[C@H]1CCN(C(=O)/C=C/CN(C)C)C[C@H]1Cc1ccc(C)cc1. The number of hydrogen-bond donors (Lipinski definition) is 0. The molecule has 1 fully saturated rings. The van der Waals surface area contributed by atoms with Crippen LogP contribution in [-0.4, -0.2) is 62.7 Å². The van der Waals surface area contributed by atoms with Gasteiger partial charge >= 0.3 is 0 Å². The molecule has 1 amide bonds. The smallest absolute Gasteiger partial charge is 0.246 e. The quantitative estimate of drug-likeness (QED) is 0.752. The molecule has 4 nitrogen and oxygen atoms in total. The summed E-state index contributed by atoms with van der Waals surface area (Å²) in [6.45, 7) is 4.42. The summed E-state index contributed by atoms with van der Waals surface area (Å²) in [7, 11) is 5.77. The average molecular weight is 330 g/mol. The number of piperidine rings is 1. The first-order valence-corrected chi connectivity index (χ1v) is 8.68. The summed E-state index contributed by atoms with van der Waals surface area (Å²) < 4.78 is 5.68. The summed E-state index contributed by atoms with van der Waals surface area (Å²) >= 11 is 0. The van der Waals surface area contributed by atoms with E-state index in [1.807, 2.05) is 30.0 Å². The number of likely N-dealkylation sites (N-methyl/N-ethyl adjacent to an activating group) is 1. The maximum Gasteiger partial charge on any atom is 0.246 e. The van der Waals surface area contributed by atoms with Crippen molar-refractivity contribution in [1.29, 1.82) is 0 Å². The monoisotopic (exact) mass is 330 g/mol. The lowest BCUT2D eigenvalue weighted by Gasteiger charge is -2.37. The van der Waals surface area contributed by atoms with Crippen LogP contribution in [0.25, 0.3) is 0 Å². The van der Waals surface area contributed by atoms with Crippen LogP contribution >= 0.6 is 0 Å². The lowest BCUT2D eigenvalue weighted by molar-refractivity contribution is -0.130. The second-order valence-electron chi connectivity index (χ2n) is 6.96. The van der Waals surface area contributed by atoms with Crippen molar-refractivity contribution >= 4 is 5.91 Å². The second kappa shape index (κ2) is 9.00. The van der Waals surface area contributed by atoms with Crippen LogP contribution in [0.5, 0.6) is 0 Å². The molecule has 2 rings (SSSR count). The molecule has 132 valence electrons. The van der Waals surface area contributed by atoms with Crippen LogP contribution in [0, 0.1) is 12.8 Å². The van der Waals surface area contributed by atoms with Gasteiger partial charge in [-0.15, -0.1) is 0 Å². The van der Waals surface area contributed by atoms with Crippen molar-refractivity contribution in [2.75, 3.05) is 40.8 Å². The number of carbonyl (C=O) groups excluding carboxylic acids is 1. The summed E-state index contributed by atoms with van der Waals surface area (Å²) in [4.78, 5) is 16.4. The summed E-state index contributed by atoms with van der Waals surface area (Å²) in [6, 6.07) is 8.65. The van der Waals surface area contributed by atoms with Gasteiger partial charge in [0.05, 0.1) is 6.10 Å². The molecule has 1 heterocycles. The molecule has 1 aliphatic rings. The van der Waals surface area contributed by atoms with Gasteiger partial charge in [-0.3, -0.25) is 4.79 Å². The second-order valence-corrected chi connectivity index (χ2v) is 6.96. The Morgan fingerprint density at radius 3 is 2.67 bits per heavy atom. The Kier molecular flexibility index (Phi) is 7.00. The normalized spacial score (nSPS) is 21.6. The number of benzene rings is 1. The molecule has 0 bridgehead atoms. The van der Waals surface area contributed by atoms with Crippen molar-refractivity contribution in [2.45, 2.75) is 25.9 Å². The van der Waals surface area contributed by atoms with Gasteiger partial charge in [0.2, 0.25) is 5.91 Å². The first-order valence-electron chi connectivity index (χ1n) is 8.68. The van der Waals surface area contributed by atoms with Crippen LogP contribution < -0.4 is 0 Å². The van der Waals surface area contributed by atoms with Gasteiger partial charge in [0.1, 0.15) is 0 Å². The average Bonchev–Trinajstić information content (AvgIpc) is 2.56. The van der Waals surface area contributed by atoms with Crippen LogP contribution in [0.3, 0.4) is 0 Å². The van der Waals surface area contributed by atoms with Crippen LogP contribution in [-0.2, 0) is 16.0 Å². The summed E-state index contributed by atoms with van der Waals surface area (Å²) in [5.41, 5.74) is 2.58. The zero-order chi connectivity index (χ0) is 17.5. The van der Waals surface area contributed by atoms with Crippen molar-refractivity contribution in [3.05, 3.63) is 47.5 Å². The van der Waals surface area contributed by atoms with Crippen LogP contribution in [0.4, 0.5) is 0 Å². The lowest BCUT2D eigenvalue weighted by Crippen LogP contribution is -2.46. The number of methoxy groups -OCH3 is 1. The Labute approximate surface area is 146 Å². The van der Waals surface area contributed by atoms with Gasteiger partial charge < -0.3 is 14.5 Å². The number of ether oxygens (including phenoxy) is 1. The molecule has 0 aliphatic carbocycles. The van der Waals surface area contributed by atoms with Gasteiger partial charge in [0.15, 0.2) is 0 Å².